The second-order valence-electron chi connectivity index (χ2n) is 3.62. The van der Waals surface area contributed by atoms with Gasteiger partial charge in [-0.25, -0.2) is 4.39 Å². The molecule has 3 N–H and O–H groups in total. The van der Waals surface area contributed by atoms with Crippen LogP contribution in [0.4, 0.5) is 4.39 Å². The molecule has 0 fully saturated rings. The van der Waals surface area contributed by atoms with E-state index in [0.717, 1.165) is 0 Å². The third-order valence-corrected chi connectivity index (χ3v) is 2.76. The summed E-state index contributed by atoms with van der Waals surface area (Å²) in [6.45, 7) is 1.65. The third kappa shape index (κ3) is 2.71. The van der Waals surface area contributed by atoms with E-state index >= 15 is 0 Å². The van der Waals surface area contributed by atoms with Crippen molar-refractivity contribution in [3.63, 3.8) is 0 Å². The fourth-order valence-electron chi connectivity index (χ4n) is 1.57. The maximum Gasteiger partial charge on any atom is 0.304 e. The minimum atomic E-state index is -1.02. The van der Waals surface area contributed by atoms with Crippen molar-refractivity contribution in [3.05, 3.63) is 34.1 Å². The summed E-state index contributed by atoms with van der Waals surface area (Å²) in [4.78, 5) is 10.6. The summed E-state index contributed by atoms with van der Waals surface area (Å²) in [7, 11) is 0. The van der Waals surface area contributed by atoms with Gasteiger partial charge in [-0.2, -0.15) is 0 Å². The Morgan fingerprint density at radius 1 is 1.62 bits per heavy atom. The number of carboxylic acid groups (broad SMARTS) is 1. The maximum atomic E-state index is 13.8. The van der Waals surface area contributed by atoms with Gasteiger partial charge in [0.25, 0.3) is 0 Å². The summed E-state index contributed by atoms with van der Waals surface area (Å²) >= 11 is 5.87. The molecule has 0 bridgehead atoms. The Morgan fingerprint density at radius 2 is 2.25 bits per heavy atom. The van der Waals surface area contributed by atoms with E-state index < -0.39 is 17.7 Å². The second kappa shape index (κ2) is 5.27. The Balaban J connectivity index is 3.18. The van der Waals surface area contributed by atoms with Crippen LogP contribution in [0.25, 0.3) is 0 Å². The lowest BCUT2D eigenvalue weighted by atomic mass is 9.94. The highest BCUT2D eigenvalue weighted by molar-refractivity contribution is 6.31. The van der Waals surface area contributed by atoms with Crippen molar-refractivity contribution in [2.24, 2.45) is 5.73 Å². The number of aliphatic carboxylic acids is 1. The number of nitrogens with two attached hydrogens (primary N) is 1. The van der Waals surface area contributed by atoms with Gasteiger partial charge in [0.15, 0.2) is 0 Å². The van der Waals surface area contributed by atoms with Crippen molar-refractivity contribution in [3.8, 4) is 0 Å². The van der Waals surface area contributed by atoms with Crippen molar-refractivity contribution >= 4 is 17.6 Å². The van der Waals surface area contributed by atoms with Gasteiger partial charge in [-0.05, 0) is 25.1 Å². The number of benzene rings is 1. The number of hydrogen-bond donors (Lipinski definition) is 2. The average molecular weight is 246 g/mol. The predicted octanol–water partition coefficient (Wildman–Crippen LogP) is 2.30. The molecular formula is C11H13ClFNO2. The summed E-state index contributed by atoms with van der Waals surface area (Å²) in [5.41, 5.74) is 6.09. The molecule has 1 aromatic carbocycles. The van der Waals surface area contributed by atoms with Gasteiger partial charge >= 0.3 is 5.97 Å². The molecule has 5 heteroatoms. The first kappa shape index (κ1) is 12.9. The van der Waals surface area contributed by atoms with E-state index in [-0.39, 0.29) is 23.6 Å². The largest absolute Gasteiger partial charge is 0.481 e. The SMILES string of the molecule is Cc1ccc(Cl)c(C(CN)CC(=O)O)c1F. The monoisotopic (exact) mass is 245 g/mol. The Bertz CT molecular complexity index is 409. The molecule has 0 amide bonds. The minimum Gasteiger partial charge on any atom is -0.481 e. The normalized spacial score (nSPS) is 12.5. The molecule has 0 aliphatic heterocycles. The lowest BCUT2D eigenvalue weighted by Crippen LogP contribution is -2.18. The quantitative estimate of drug-likeness (QED) is 0.856. The van der Waals surface area contributed by atoms with Crippen LogP contribution in [-0.2, 0) is 4.79 Å². The van der Waals surface area contributed by atoms with Gasteiger partial charge in [0, 0.05) is 16.5 Å². The van der Waals surface area contributed by atoms with Gasteiger partial charge in [-0.1, -0.05) is 17.7 Å². The molecule has 16 heavy (non-hydrogen) atoms. The summed E-state index contributed by atoms with van der Waals surface area (Å²) in [5, 5.41) is 8.93. The summed E-state index contributed by atoms with van der Waals surface area (Å²) in [6, 6.07) is 3.11. The smallest absolute Gasteiger partial charge is 0.304 e. The zero-order valence-corrected chi connectivity index (χ0v) is 9.59. The molecule has 1 unspecified atom stereocenters. The molecule has 0 saturated carbocycles. The fourth-order valence-corrected chi connectivity index (χ4v) is 1.87. The van der Waals surface area contributed by atoms with Crippen LogP contribution in [0.2, 0.25) is 5.02 Å². The number of carboxylic acids is 1. The van der Waals surface area contributed by atoms with E-state index in [9.17, 15) is 9.18 Å². The Labute approximate surface area is 98.0 Å². The molecule has 1 atom stereocenters. The first-order valence-corrected chi connectivity index (χ1v) is 5.21. The minimum absolute atomic E-state index is 0.0480. The molecule has 1 aromatic rings. The van der Waals surface area contributed by atoms with Gasteiger partial charge in [-0.3, -0.25) is 4.79 Å². The topological polar surface area (TPSA) is 63.3 Å². The van der Waals surface area contributed by atoms with Crippen molar-refractivity contribution < 1.29 is 14.3 Å². The molecule has 3 nitrogen and oxygen atoms in total. The number of aryl methyl sites for hydroxylation is 1. The Kier molecular flexibility index (Phi) is 4.26. The molecule has 0 spiro atoms. The van der Waals surface area contributed by atoms with Crippen LogP contribution in [0.5, 0.6) is 0 Å². The lowest BCUT2D eigenvalue weighted by Gasteiger charge is -2.16. The third-order valence-electron chi connectivity index (χ3n) is 2.43. The molecule has 0 heterocycles. The van der Waals surface area contributed by atoms with E-state index in [1.54, 1.807) is 19.1 Å². The molecule has 0 aliphatic carbocycles. The Morgan fingerprint density at radius 3 is 2.75 bits per heavy atom. The molecule has 88 valence electrons. The van der Waals surface area contributed by atoms with Crippen LogP contribution in [-0.4, -0.2) is 17.6 Å². The van der Waals surface area contributed by atoms with Crippen molar-refractivity contribution in [1.29, 1.82) is 0 Å². The molecule has 0 aromatic heterocycles. The van der Waals surface area contributed by atoms with Crippen molar-refractivity contribution in [2.45, 2.75) is 19.3 Å². The van der Waals surface area contributed by atoms with Gasteiger partial charge in [0.05, 0.1) is 6.42 Å². The highest BCUT2D eigenvalue weighted by Crippen LogP contribution is 2.30. The molecular weight excluding hydrogens is 233 g/mol. The highest BCUT2D eigenvalue weighted by Gasteiger charge is 2.21. The Hall–Kier alpha value is -1.13. The molecule has 0 aliphatic rings. The summed E-state index contributed by atoms with van der Waals surface area (Å²) in [5.74, 6) is -2.08. The van der Waals surface area contributed by atoms with E-state index in [1.807, 2.05) is 0 Å². The van der Waals surface area contributed by atoms with Crippen LogP contribution >= 0.6 is 11.6 Å². The van der Waals surface area contributed by atoms with E-state index in [1.165, 1.54) is 0 Å². The maximum absolute atomic E-state index is 13.8. The van der Waals surface area contributed by atoms with Gasteiger partial charge < -0.3 is 10.8 Å². The van der Waals surface area contributed by atoms with Gasteiger partial charge in [0.2, 0.25) is 0 Å². The van der Waals surface area contributed by atoms with Crippen molar-refractivity contribution in [1.82, 2.24) is 0 Å². The average Bonchev–Trinajstić information content (AvgIpc) is 2.22. The van der Waals surface area contributed by atoms with Gasteiger partial charge in [-0.15, -0.1) is 0 Å². The van der Waals surface area contributed by atoms with Crippen molar-refractivity contribution in [2.75, 3.05) is 6.54 Å². The fraction of sp³-hybridized carbons (Fsp3) is 0.364. The number of hydrogen-bond acceptors (Lipinski definition) is 2. The van der Waals surface area contributed by atoms with Crippen LogP contribution in [0, 0.1) is 12.7 Å². The van der Waals surface area contributed by atoms with Crippen LogP contribution in [0.1, 0.15) is 23.5 Å². The van der Waals surface area contributed by atoms with Gasteiger partial charge in [0.1, 0.15) is 5.82 Å². The molecule has 1 rings (SSSR count). The van der Waals surface area contributed by atoms with Crippen LogP contribution < -0.4 is 5.73 Å². The first-order valence-electron chi connectivity index (χ1n) is 4.83. The zero-order valence-electron chi connectivity index (χ0n) is 8.84. The summed E-state index contributed by atoms with van der Waals surface area (Å²) < 4.78 is 13.8. The number of carbonyl (C=O) groups is 1. The number of halogens is 2. The summed E-state index contributed by atoms with van der Waals surface area (Å²) in [6.07, 6.45) is -0.226. The predicted molar refractivity (Wildman–Crippen MR) is 60.2 cm³/mol. The molecule has 0 saturated heterocycles. The van der Waals surface area contributed by atoms with Crippen LogP contribution in [0.15, 0.2) is 12.1 Å². The van der Waals surface area contributed by atoms with Crippen LogP contribution in [0.3, 0.4) is 0 Å². The number of rotatable bonds is 4. The van der Waals surface area contributed by atoms with E-state index in [2.05, 4.69) is 0 Å². The first-order chi connectivity index (χ1) is 7.47. The van der Waals surface area contributed by atoms with E-state index in [4.69, 9.17) is 22.4 Å². The highest BCUT2D eigenvalue weighted by atomic mass is 35.5. The zero-order chi connectivity index (χ0) is 12.3. The molecule has 0 radical (unpaired) electrons. The van der Waals surface area contributed by atoms with E-state index in [0.29, 0.717) is 5.56 Å². The second-order valence-corrected chi connectivity index (χ2v) is 4.03. The standard InChI is InChI=1S/C11H13ClFNO2/c1-6-2-3-8(12)10(11(6)13)7(5-14)4-9(15)16/h2-3,7H,4-5,14H2,1H3,(H,15,16). The lowest BCUT2D eigenvalue weighted by molar-refractivity contribution is -0.137.